The molecule has 1 saturated heterocycles. The molecule has 10 heteroatoms. The molecule has 6 nitrogen and oxygen atoms in total. The van der Waals surface area contributed by atoms with Gasteiger partial charge >= 0.3 is 12.3 Å². The van der Waals surface area contributed by atoms with E-state index in [9.17, 15) is 18.0 Å². The summed E-state index contributed by atoms with van der Waals surface area (Å²) in [6.07, 6.45) is -2.83. The summed E-state index contributed by atoms with van der Waals surface area (Å²) >= 11 is 5.78. The van der Waals surface area contributed by atoms with Crippen LogP contribution in [0.2, 0.25) is 5.02 Å². The Morgan fingerprint density at radius 1 is 1.24 bits per heavy atom. The number of hydrogen-bond acceptors (Lipinski definition) is 5. The predicted octanol–water partition coefficient (Wildman–Crippen LogP) is 5.33. The highest BCUT2D eigenvalue weighted by Gasteiger charge is 2.33. The minimum absolute atomic E-state index is 0.187. The van der Waals surface area contributed by atoms with Gasteiger partial charge in [0.25, 0.3) is 0 Å². The van der Waals surface area contributed by atoms with E-state index in [1.165, 1.54) is 6.92 Å². The number of carbonyl (C=O) groups excluding carboxylic acids is 1. The third-order valence-corrected chi connectivity index (χ3v) is 4.59. The number of pyridine rings is 1. The van der Waals surface area contributed by atoms with Crippen LogP contribution in [-0.4, -0.2) is 29.9 Å². The van der Waals surface area contributed by atoms with Crippen molar-refractivity contribution in [2.75, 3.05) is 23.3 Å². The fourth-order valence-corrected chi connectivity index (χ4v) is 3.04. The molecule has 0 saturated carbocycles. The monoisotopic (exact) mass is 426 g/mol. The van der Waals surface area contributed by atoms with Crippen molar-refractivity contribution in [1.82, 2.24) is 4.98 Å². The lowest BCUT2D eigenvalue weighted by Gasteiger charge is -2.21. The number of carbonyl (C=O) groups is 1. The van der Waals surface area contributed by atoms with Gasteiger partial charge in [0.2, 0.25) is 0 Å². The van der Waals surface area contributed by atoms with Crippen LogP contribution >= 0.6 is 11.6 Å². The normalized spacial score (nSPS) is 14.8. The summed E-state index contributed by atoms with van der Waals surface area (Å²) in [5, 5.41) is 6.72. The van der Waals surface area contributed by atoms with E-state index < -0.39 is 17.8 Å². The molecule has 0 atom stereocenters. The van der Waals surface area contributed by atoms with Crippen molar-refractivity contribution in [2.24, 2.45) is 5.16 Å². The van der Waals surface area contributed by atoms with Gasteiger partial charge in [-0.15, -0.1) is 0 Å². The lowest BCUT2D eigenvalue weighted by atomic mass is 10.1. The van der Waals surface area contributed by atoms with Crippen LogP contribution in [0.25, 0.3) is 0 Å². The Hall–Kier alpha value is -2.81. The first kappa shape index (κ1) is 20.9. The van der Waals surface area contributed by atoms with E-state index in [1.54, 1.807) is 24.3 Å². The van der Waals surface area contributed by atoms with Crippen LogP contribution in [0.4, 0.5) is 29.3 Å². The van der Waals surface area contributed by atoms with Gasteiger partial charge in [0.05, 0.1) is 11.3 Å². The lowest BCUT2D eigenvalue weighted by molar-refractivity contribution is -0.137. The van der Waals surface area contributed by atoms with E-state index >= 15 is 0 Å². The first-order valence-electron chi connectivity index (χ1n) is 8.85. The molecule has 29 heavy (non-hydrogen) atoms. The summed E-state index contributed by atoms with van der Waals surface area (Å²) in [7, 11) is 0. The van der Waals surface area contributed by atoms with E-state index in [0.717, 1.165) is 25.1 Å². The first-order valence-corrected chi connectivity index (χ1v) is 9.22. The smallest absolute Gasteiger partial charge is 0.370 e. The van der Waals surface area contributed by atoms with Gasteiger partial charge in [0, 0.05) is 30.0 Å². The van der Waals surface area contributed by atoms with Crippen molar-refractivity contribution in [1.29, 1.82) is 0 Å². The zero-order valence-corrected chi connectivity index (χ0v) is 16.2. The minimum atomic E-state index is -4.50. The summed E-state index contributed by atoms with van der Waals surface area (Å²) in [4.78, 5) is 22.5. The molecular weight excluding hydrogens is 409 g/mol. The standard InChI is InChI=1S/C19H18ClF3N4O2/c1-12(26-29-18(28)25-15-6-4-14(20)5-7-15)17-16(27-8-2-3-9-27)10-13(11-24-17)19(21,22)23/h4-7,10-11H,2-3,8-9H2,1H3,(H,25,28)/b26-12+. The number of hydrogen-bond donors (Lipinski definition) is 1. The van der Waals surface area contributed by atoms with E-state index in [-0.39, 0.29) is 11.4 Å². The topological polar surface area (TPSA) is 66.8 Å². The quantitative estimate of drug-likeness (QED) is 0.408. The minimum Gasteiger partial charge on any atom is -0.370 e. The SMILES string of the molecule is C/C(=N\OC(=O)Nc1ccc(Cl)cc1)c1ncc(C(F)(F)F)cc1N1CCCC1. The molecule has 0 spiro atoms. The Balaban J connectivity index is 1.78. The second-order valence-corrected chi connectivity index (χ2v) is 6.91. The Labute approximate surface area is 170 Å². The average Bonchev–Trinajstić information content (AvgIpc) is 3.21. The number of amides is 1. The maximum absolute atomic E-state index is 13.1. The van der Waals surface area contributed by atoms with Gasteiger partial charge in [-0.1, -0.05) is 16.8 Å². The first-order chi connectivity index (χ1) is 13.7. The predicted molar refractivity (Wildman–Crippen MR) is 104 cm³/mol. The number of anilines is 2. The maximum atomic E-state index is 13.1. The largest absolute Gasteiger partial charge is 0.437 e. The van der Waals surface area contributed by atoms with E-state index in [0.29, 0.717) is 29.5 Å². The molecule has 3 rings (SSSR count). The summed E-state index contributed by atoms with van der Waals surface area (Å²) in [6.45, 7) is 2.77. The van der Waals surface area contributed by atoms with Crippen molar-refractivity contribution >= 4 is 34.8 Å². The summed E-state index contributed by atoms with van der Waals surface area (Å²) in [6, 6.07) is 7.42. The lowest BCUT2D eigenvalue weighted by Crippen LogP contribution is -2.22. The molecule has 154 valence electrons. The van der Waals surface area contributed by atoms with Crippen LogP contribution in [0.1, 0.15) is 31.0 Å². The number of nitrogens with one attached hydrogen (secondary N) is 1. The van der Waals surface area contributed by atoms with Gasteiger partial charge < -0.3 is 4.90 Å². The zero-order valence-electron chi connectivity index (χ0n) is 15.5. The Bertz CT molecular complexity index is 911. The second kappa shape index (κ2) is 8.69. The fraction of sp³-hybridized carbons (Fsp3) is 0.316. The maximum Gasteiger partial charge on any atom is 0.437 e. The van der Waals surface area contributed by atoms with E-state index in [4.69, 9.17) is 16.4 Å². The number of aromatic nitrogens is 1. The van der Waals surface area contributed by atoms with Crippen molar-refractivity contribution < 1.29 is 22.8 Å². The van der Waals surface area contributed by atoms with Crippen molar-refractivity contribution in [3.8, 4) is 0 Å². The third-order valence-electron chi connectivity index (χ3n) is 4.34. The molecule has 1 aliphatic heterocycles. The zero-order chi connectivity index (χ0) is 21.0. The number of alkyl halides is 3. The van der Waals surface area contributed by atoms with Crippen LogP contribution in [0.15, 0.2) is 41.7 Å². The molecule has 0 aliphatic carbocycles. The van der Waals surface area contributed by atoms with E-state index in [1.807, 2.05) is 4.90 Å². The van der Waals surface area contributed by atoms with Gasteiger partial charge in [0.1, 0.15) is 11.4 Å². The number of oxime groups is 1. The molecule has 1 aliphatic rings. The Morgan fingerprint density at radius 3 is 2.52 bits per heavy atom. The Kier molecular flexibility index (Phi) is 6.26. The van der Waals surface area contributed by atoms with Crippen LogP contribution in [0, 0.1) is 0 Å². The van der Waals surface area contributed by atoms with E-state index in [2.05, 4.69) is 15.5 Å². The fourth-order valence-electron chi connectivity index (χ4n) is 2.91. The molecule has 0 bridgehead atoms. The molecule has 2 aromatic rings. The van der Waals surface area contributed by atoms with Crippen LogP contribution in [0.3, 0.4) is 0 Å². The van der Waals surface area contributed by atoms with Crippen molar-refractivity contribution in [3.63, 3.8) is 0 Å². The summed E-state index contributed by atoms with van der Waals surface area (Å²) in [5.74, 6) is 0. The van der Waals surface area contributed by atoms with Gasteiger partial charge in [-0.3, -0.25) is 15.1 Å². The van der Waals surface area contributed by atoms with Crippen molar-refractivity contribution in [3.05, 3.63) is 52.8 Å². The average molecular weight is 427 g/mol. The van der Waals surface area contributed by atoms with Gasteiger partial charge in [-0.05, 0) is 50.1 Å². The molecule has 1 N–H and O–H groups in total. The number of rotatable bonds is 4. The highest BCUT2D eigenvalue weighted by atomic mass is 35.5. The molecule has 1 fully saturated rings. The molecule has 0 radical (unpaired) electrons. The third kappa shape index (κ3) is 5.38. The molecule has 1 amide bonds. The number of nitrogens with zero attached hydrogens (tertiary/aromatic N) is 3. The highest BCUT2D eigenvalue weighted by molar-refractivity contribution is 6.30. The van der Waals surface area contributed by atoms with Crippen LogP contribution in [0.5, 0.6) is 0 Å². The van der Waals surface area contributed by atoms with Gasteiger partial charge in [-0.2, -0.15) is 13.2 Å². The number of halogens is 4. The molecule has 2 heterocycles. The Morgan fingerprint density at radius 2 is 1.90 bits per heavy atom. The van der Waals surface area contributed by atoms with Crippen LogP contribution in [-0.2, 0) is 11.0 Å². The molecular formula is C19H18ClF3N4O2. The highest BCUT2D eigenvalue weighted by Crippen LogP contribution is 2.33. The van der Waals surface area contributed by atoms with Crippen molar-refractivity contribution in [2.45, 2.75) is 25.9 Å². The molecule has 1 aromatic carbocycles. The van der Waals surface area contributed by atoms with Crippen LogP contribution < -0.4 is 10.2 Å². The second-order valence-electron chi connectivity index (χ2n) is 6.47. The summed E-state index contributed by atoms with van der Waals surface area (Å²) in [5.41, 5.74) is 0.362. The number of benzene rings is 1. The van der Waals surface area contributed by atoms with Gasteiger partial charge in [0.15, 0.2) is 0 Å². The molecule has 0 unspecified atom stereocenters. The summed E-state index contributed by atoms with van der Waals surface area (Å²) < 4.78 is 39.3. The molecule has 1 aromatic heterocycles. The van der Waals surface area contributed by atoms with Gasteiger partial charge in [-0.25, -0.2) is 4.79 Å².